The van der Waals surface area contributed by atoms with Crippen molar-refractivity contribution in [2.45, 2.75) is 38.1 Å². The highest BCUT2D eigenvalue weighted by Crippen LogP contribution is 2.24. The average molecular weight is 442 g/mol. The van der Waals surface area contributed by atoms with E-state index in [1.807, 2.05) is 49.2 Å². The fourth-order valence-corrected chi connectivity index (χ4v) is 4.24. The summed E-state index contributed by atoms with van der Waals surface area (Å²) in [4.78, 5) is 39.3. The van der Waals surface area contributed by atoms with Crippen LogP contribution in [0.1, 0.15) is 42.4 Å². The SMILES string of the molecule is CCc1cc(N2CCN(C(C)=O)CC2)nc(SCc2cccc(C(=O)N(C)CC)c2)n1. The second-order valence-electron chi connectivity index (χ2n) is 7.66. The van der Waals surface area contributed by atoms with E-state index in [1.165, 1.54) is 0 Å². The van der Waals surface area contributed by atoms with Gasteiger partial charge >= 0.3 is 0 Å². The maximum atomic E-state index is 12.4. The zero-order chi connectivity index (χ0) is 22.4. The largest absolute Gasteiger partial charge is 0.353 e. The number of anilines is 1. The van der Waals surface area contributed by atoms with Gasteiger partial charge in [0, 0.05) is 69.8 Å². The fraction of sp³-hybridized carbons (Fsp3) is 0.478. The average Bonchev–Trinajstić information content (AvgIpc) is 2.81. The van der Waals surface area contributed by atoms with Gasteiger partial charge in [-0.25, -0.2) is 9.97 Å². The molecule has 0 unspecified atom stereocenters. The highest BCUT2D eigenvalue weighted by Gasteiger charge is 2.20. The van der Waals surface area contributed by atoms with Gasteiger partial charge < -0.3 is 14.7 Å². The quantitative estimate of drug-likeness (QED) is 0.486. The van der Waals surface area contributed by atoms with E-state index >= 15 is 0 Å². The van der Waals surface area contributed by atoms with E-state index < -0.39 is 0 Å². The van der Waals surface area contributed by atoms with Crippen molar-refractivity contribution < 1.29 is 9.59 Å². The number of carbonyl (C=O) groups excluding carboxylic acids is 2. The summed E-state index contributed by atoms with van der Waals surface area (Å²) < 4.78 is 0. The number of hydrogen-bond donors (Lipinski definition) is 0. The lowest BCUT2D eigenvalue weighted by Crippen LogP contribution is -2.48. The van der Waals surface area contributed by atoms with Gasteiger partial charge in [-0.05, 0) is 31.0 Å². The Hall–Kier alpha value is -2.61. The van der Waals surface area contributed by atoms with E-state index in [4.69, 9.17) is 4.98 Å². The van der Waals surface area contributed by atoms with Gasteiger partial charge in [-0.15, -0.1) is 0 Å². The lowest BCUT2D eigenvalue weighted by molar-refractivity contribution is -0.129. The lowest BCUT2D eigenvalue weighted by atomic mass is 10.1. The molecule has 2 aromatic rings. The molecule has 166 valence electrons. The molecule has 0 aliphatic carbocycles. The van der Waals surface area contributed by atoms with E-state index in [0.717, 1.165) is 54.8 Å². The van der Waals surface area contributed by atoms with Crippen LogP contribution in [-0.4, -0.2) is 71.4 Å². The standard InChI is InChI=1S/C23H31N5O2S/c1-5-20-15-21(28-12-10-27(11-13-28)17(3)29)25-23(24-20)31-16-18-8-7-9-19(14-18)22(30)26(4)6-2/h7-9,14-15H,5-6,10-13,16H2,1-4H3. The number of piperazine rings is 1. The molecule has 31 heavy (non-hydrogen) atoms. The number of carbonyl (C=O) groups is 2. The number of thioether (sulfide) groups is 1. The molecule has 1 aliphatic rings. The highest BCUT2D eigenvalue weighted by molar-refractivity contribution is 7.98. The molecular formula is C23H31N5O2S. The van der Waals surface area contributed by atoms with Crippen molar-refractivity contribution in [3.8, 4) is 0 Å². The normalized spacial score (nSPS) is 13.9. The van der Waals surface area contributed by atoms with Gasteiger partial charge in [0.25, 0.3) is 5.91 Å². The number of aryl methyl sites for hydroxylation is 1. The number of nitrogens with zero attached hydrogens (tertiary/aromatic N) is 5. The summed E-state index contributed by atoms with van der Waals surface area (Å²) in [5, 5.41) is 0.741. The molecule has 1 aromatic carbocycles. The summed E-state index contributed by atoms with van der Waals surface area (Å²) in [6.45, 7) is 9.34. The van der Waals surface area contributed by atoms with Gasteiger partial charge in [0.1, 0.15) is 5.82 Å². The van der Waals surface area contributed by atoms with E-state index in [0.29, 0.717) is 17.9 Å². The van der Waals surface area contributed by atoms with Crippen molar-refractivity contribution in [2.75, 3.05) is 44.7 Å². The maximum absolute atomic E-state index is 12.4. The van der Waals surface area contributed by atoms with E-state index in [-0.39, 0.29) is 11.8 Å². The molecule has 1 aliphatic heterocycles. The highest BCUT2D eigenvalue weighted by atomic mass is 32.2. The molecule has 1 aromatic heterocycles. The molecule has 7 nitrogen and oxygen atoms in total. The summed E-state index contributed by atoms with van der Waals surface area (Å²) >= 11 is 1.58. The summed E-state index contributed by atoms with van der Waals surface area (Å²) in [6.07, 6.45) is 0.837. The summed E-state index contributed by atoms with van der Waals surface area (Å²) in [5.41, 5.74) is 2.78. The minimum Gasteiger partial charge on any atom is -0.353 e. The second-order valence-corrected chi connectivity index (χ2v) is 8.60. The van der Waals surface area contributed by atoms with Crippen LogP contribution in [0.4, 0.5) is 5.82 Å². The molecular weight excluding hydrogens is 410 g/mol. The number of benzene rings is 1. The topological polar surface area (TPSA) is 69.6 Å². The third-order valence-corrected chi connectivity index (χ3v) is 6.44. The third-order valence-electron chi connectivity index (χ3n) is 5.52. The molecule has 0 atom stereocenters. The van der Waals surface area contributed by atoms with Crippen LogP contribution in [0, 0.1) is 0 Å². The Kier molecular flexibility index (Phi) is 7.90. The van der Waals surface area contributed by atoms with Crippen molar-refractivity contribution in [1.29, 1.82) is 0 Å². The molecule has 0 saturated carbocycles. The molecule has 0 N–H and O–H groups in total. The molecule has 1 fully saturated rings. The summed E-state index contributed by atoms with van der Waals surface area (Å²) in [6, 6.07) is 9.81. The van der Waals surface area contributed by atoms with Crippen LogP contribution in [0.2, 0.25) is 0 Å². The number of aromatic nitrogens is 2. The van der Waals surface area contributed by atoms with Crippen LogP contribution in [0.15, 0.2) is 35.5 Å². The van der Waals surface area contributed by atoms with E-state index in [2.05, 4.69) is 16.8 Å². The lowest BCUT2D eigenvalue weighted by Gasteiger charge is -2.35. The Labute approximate surface area is 188 Å². The van der Waals surface area contributed by atoms with Crippen LogP contribution < -0.4 is 4.90 Å². The maximum Gasteiger partial charge on any atom is 0.253 e. The van der Waals surface area contributed by atoms with Crippen molar-refractivity contribution >= 4 is 29.4 Å². The molecule has 8 heteroatoms. The number of amides is 2. The van der Waals surface area contributed by atoms with Crippen LogP contribution in [-0.2, 0) is 17.0 Å². The van der Waals surface area contributed by atoms with Crippen LogP contribution >= 0.6 is 11.8 Å². The first kappa shape index (κ1) is 23.1. The summed E-state index contributed by atoms with van der Waals surface area (Å²) in [7, 11) is 1.81. The Bertz CT molecular complexity index is 928. The predicted octanol–water partition coefficient (Wildman–Crippen LogP) is 3.09. The molecule has 2 amide bonds. The van der Waals surface area contributed by atoms with Gasteiger partial charge in [0.2, 0.25) is 5.91 Å². The van der Waals surface area contributed by atoms with Gasteiger partial charge in [-0.3, -0.25) is 9.59 Å². The van der Waals surface area contributed by atoms with Crippen molar-refractivity contribution in [2.24, 2.45) is 0 Å². The van der Waals surface area contributed by atoms with Crippen molar-refractivity contribution in [3.05, 3.63) is 47.2 Å². The van der Waals surface area contributed by atoms with Gasteiger partial charge in [-0.2, -0.15) is 0 Å². The molecule has 3 rings (SSSR count). The molecule has 0 radical (unpaired) electrons. The van der Waals surface area contributed by atoms with Crippen LogP contribution in [0.5, 0.6) is 0 Å². The zero-order valence-electron chi connectivity index (χ0n) is 18.8. The Balaban J connectivity index is 1.70. The van der Waals surface area contributed by atoms with Gasteiger partial charge in [0.05, 0.1) is 0 Å². The van der Waals surface area contributed by atoms with Crippen LogP contribution in [0.3, 0.4) is 0 Å². The minimum atomic E-state index is 0.0329. The number of rotatable bonds is 7. The molecule has 1 saturated heterocycles. The zero-order valence-corrected chi connectivity index (χ0v) is 19.6. The molecule has 2 heterocycles. The van der Waals surface area contributed by atoms with E-state index in [9.17, 15) is 9.59 Å². The third kappa shape index (κ3) is 5.97. The first-order valence-electron chi connectivity index (χ1n) is 10.8. The van der Waals surface area contributed by atoms with Crippen LogP contribution in [0.25, 0.3) is 0 Å². The molecule has 0 spiro atoms. The monoisotopic (exact) mass is 441 g/mol. The smallest absolute Gasteiger partial charge is 0.253 e. The Morgan fingerprint density at radius 3 is 2.48 bits per heavy atom. The Morgan fingerprint density at radius 1 is 1.10 bits per heavy atom. The van der Waals surface area contributed by atoms with E-state index in [1.54, 1.807) is 23.6 Å². The summed E-state index contributed by atoms with van der Waals surface area (Å²) in [5.74, 6) is 1.78. The second kappa shape index (κ2) is 10.6. The fourth-order valence-electron chi connectivity index (χ4n) is 3.42. The Morgan fingerprint density at radius 2 is 1.84 bits per heavy atom. The molecule has 0 bridgehead atoms. The first-order chi connectivity index (χ1) is 14.9. The van der Waals surface area contributed by atoms with Crippen molar-refractivity contribution in [1.82, 2.24) is 19.8 Å². The minimum absolute atomic E-state index is 0.0329. The van der Waals surface area contributed by atoms with Gasteiger partial charge in [0.15, 0.2) is 5.16 Å². The number of hydrogen-bond acceptors (Lipinski definition) is 6. The predicted molar refractivity (Wildman–Crippen MR) is 125 cm³/mol. The van der Waals surface area contributed by atoms with Crippen molar-refractivity contribution in [3.63, 3.8) is 0 Å². The van der Waals surface area contributed by atoms with Gasteiger partial charge in [-0.1, -0.05) is 30.8 Å². The first-order valence-corrected chi connectivity index (χ1v) is 11.8.